The van der Waals surface area contributed by atoms with Crippen molar-refractivity contribution in [1.82, 2.24) is 14.3 Å². The van der Waals surface area contributed by atoms with Crippen molar-refractivity contribution in [3.63, 3.8) is 0 Å². The fourth-order valence-corrected chi connectivity index (χ4v) is 2.41. The standard InChI is InChI=1S/C17H17N3O2/c21-9-8-19(12-14-4-2-1-3-5-14)17(22)15-6-7-20-13-18-11-16(20)10-15/h1-7,10-11,13,21H,8-9,12H2. The van der Waals surface area contributed by atoms with E-state index in [9.17, 15) is 9.90 Å². The van der Waals surface area contributed by atoms with Gasteiger partial charge in [0.25, 0.3) is 5.91 Å². The first-order valence-corrected chi connectivity index (χ1v) is 7.14. The number of fused-ring (bicyclic) bond motifs is 1. The third-order valence-corrected chi connectivity index (χ3v) is 3.53. The molecule has 3 aromatic rings. The highest BCUT2D eigenvalue weighted by Crippen LogP contribution is 2.12. The van der Waals surface area contributed by atoms with Gasteiger partial charge in [-0.25, -0.2) is 4.98 Å². The number of carbonyl (C=O) groups excluding carboxylic acids is 1. The number of aliphatic hydroxyl groups excluding tert-OH is 1. The molecule has 2 aromatic heterocycles. The highest BCUT2D eigenvalue weighted by atomic mass is 16.3. The van der Waals surface area contributed by atoms with Crippen molar-refractivity contribution in [2.24, 2.45) is 0 Å². The molecule has 0 aliphatic rings. The summed E-state index contributed by atoms with van der Waals surface area (Å²) in [5.74, 6) is -0.0957. The van der Waals surface area contributed by atoms with Crippen LogP contribution in [0.3, 0.4) is 0 Å². The van der Waals surface area contributed by atoms with Gasteiger partial charge in [-0.2, -0.15) is 0 Å². The molecule has 0 bridgehead atoms. The summed E-state index contributed by atoms with van der Waals surface area (Å²) in [4.78, 5) is 18.4. The molecular formula is C17H17N3O2. The van der Waals surface area contributed by atoms with Crippen LogP contribution in [-0.4, -0.2) is 38.4 Å². The fraction of sp³-hybridized carbons (Fsp3) is 0.176. The van der Waals surface area contributed by atoms with Gasteiger partial charge in [-0.15, -0.1) is 0 Å². The predicted molar refractivity (Wildman–Crippen MR) is 83.5 cm³/mol. The van der Waals surface area contributed by atoms with E-state index in [4.69, 9.17) is 0 Å². The molecule has 0 spiro atoms. The monoisotopic (exact) mass is 295 g/mol. The van der Waals surface area contributed by atoms with Crippen LogP contribution in [0, 0.1) is 0 Å². The first-order chi connectivity index (χ1) is 10.8. The van der Waals surface area contributed by atoms with Crippen LogP contribution in [0.1, 0.15) is 15.9 Å². The van der Waals surface area contributed by atoms with E-state index in [2.05, 4.69) is 4.98 Å². The Morgan fingerprint density at radius 2 is 2.05 bits per heavy atom. The number of amides is 1. The number of hydrogen-bond acceptors (Lipinski definition) is 3. The second-order valence-electron chi connectivity index (χ2n) is 5.08. The van der Waals surface area contributed by atoms with E-state index in [-0.39, 0.29) is 12.5 Å². The highest BCUT2D eigenvalue weighted by Gasteiger charge is 2.16. The SMILES string of the molecule is O=C(c1ccn2cncc2c1)N(CCO)Cc1ccccc1. The lowest BCUT2D eigenvalue weighted by Crippen LogP contribution is -2.33. The van der Waals surface area contributed by atoms with Gasteiger partial charge in [-0.05, 0) is 17.7 Å². The number of nitrogens with zero attached hydrogens (tertiary/aromatic N) is 3. The number of benzene rings is 1. The molecule has 0 saturated heterocycles. The van der Waals surface area contributed by atoms with E-state index < -0.39 is 0 Å². The predicted octanol–water partition coefficient (Wildman–Crippen LogP) is 1.97. The minimum atomic E-state index is -0.0957. The minimum absolute atomic E-state index is 0.0620. The van der Waals surface area contributed by atoms with Crippen molar-refractivity contribution in [2.75, 3.05) is 13.2 Å². The van der Waals surface area contributed by atoms with Crippen LogP contribution in [0.15, 0.2) is 61.2 Å². The lowest BCUT2D eigenvalue weighted by atomic mass is 10.1. The van der Waals surface area contributed by atoms with Gasteiger partial charge < -0.3 is 14.4 Å². The molecule has 5 heteroatoms. The molecule has 5 nitrogen and oxygen atoms in total. The van der Waals surface area contributed by atoms with E-state index in [1.165, 1.54) is 0 Å². The fourth-order valence-electron chi connectivity index (χ4n) is 2.41. The van der Waals surface area contributed by atoms with Crippen LogP contribution in [0.4, 0.5) is 0 Å². The van der Waals surface area contributed by atoms with E-state index in [1.54, 1.807) is 23.5 Å². The smallest absolute Gasteiger partial charge is 0.254 e. The molecule has 0 radical (unpaired) electrons. The topological polar surface area (TPSA) is 57.8 Å². The van der Waals surface area contributed by atoms with Gasteiger partial charge in [-0.3, -0.25) is 4.79 Å². The van der Waals surface area contributed by atoms with Crippen molar-refractivity contribution in [2.45, 2.75) is 6.54 Å². The number of rotatable bonds is 5. The summed E-state index contributed by atoms with van der Waals surface area (Å²) in [5, 5.41) is 9.24. The molecule has 0 aliphatic heterocycles. The average molecular weight is 295 g/mol. The summed E-state index contributed by atoms with van der Waals surface area (Å²) in [6.45, 7) is 0.719. The summed E-state index contributed by atoms with van der Waals surface area (Å²) >= 11 is 0. The Morgan fingerprint density at radius 1 is 1.23 bits per heavy atom. The van der Waals surface area contributed by atoms with Gasteiger partial charge in [0.2, 0.25) is 0 Å². The van der Waals surface area contributed by atoms with Gasteiger partial charge >= 0.3 is 0 Å². The van der Waals surface area contributed by atoms with Crippen molar-refractivity contribution in [3.05, 3.63) is 72.3 Å². The first-order valence-electron chi connectivity index (χ1n) is 7.14. The molecule has 22 heavy (non-hydrogen) atoms. The molecule has 0 fully saturated rings. The summed E-state index contributed by atoms with van der Waals surface area (Å²) in [6, 6.07) is 13.3. The molecule has 2 heterocycles. The van der Waals surface area contributed by atoms with Gasteiger partial charge in [0.1, 0.15) is 0 Å². The zero-order valence-corrected chi connectivity index (χ0v) is 12.1. The number of imidazole rings is 1. The van der Waals surface area contributed by atoms with Crippen LogP contribution in [0.2, 0.25) is 0 Å². The Balaban J connectivity index is 1.85. The number of aliphatic hydroxyl groups is 1. The van der Waals surface area contributed by atoms with Crippen LogP contribution in [0.5, 0.6) is 0 Å². The lowest BCUT2D eigenvalue weighted by molar-refractivity contribution is 0.0708. The zero-order valence-electron chi connectivity index (χ0n) is 12.1. The molecule has 0 atom stereocenters. The summed E-state index contributed by atoms with van der Waals surface area (Å²) < 4.78 is 1.85. The molecule has 1 amide bonds. The Bertz CT molecular complexity index is 768. The molecule has 1 aromatic carbocycles. The molecule has 0 unspecified atom stereocenters. The van der Waals surface area contributed by atoms with E-state index >= 15 is 0 Å². The van der Waals surface area contributed by atoms with Gasteiger partial charge in [0, 0.05) is 24.8 Å². The van der Waals surface area contributed by atoms with Crippen LogP contribution in [0.25, 0.3) is 5.52 Å². The Kier molecular flexibility index (Phi) is 4.16. The molecule has 0 aliphatic carbocycles. The molecule has 112 valence electrons. The third-order valence-electron chi connectivity index (χ3n) is 3.53. The first kappa shape index (κ1) is 14.3. The normalized spacial score (nSPS) is 10.8. The van der Waals surface area contributed by atoms with Crippen LogP contribution >= 0.6 is 0 Å². The third kappa shape index (κ3) is 2.99. The maximum absolute atomic E-state index is 12.7. The molecular weight excluding hydrogens is 278 g/mol. The van der Waals surface area contributed by atoms with Crippen LogP contribution < -0.4 is 0 Å². The average Bonchev–Trinajstić information content (AvgIpc) is 3.02. The second-order valence-corrected chi connectivity index (χ2v) is 5.08. The van der Waals surface area contributed by atoms with Crippen molar-refractivity contribution >= 4 is 11.4 Å². The maximum Gasteiger partial charge on any atom is 0.254 e. The number of carbonyl (C=O) groups is 1. The zero-order chi connectivity index (χ0) is 15.4. The number of pyridine rings is 1. The summed E-state index contributed by atoms with van der Waals surface area (Å²) in [5.41, 5.74) is 2.50. The van der Waals surface area contributed by atoms with Gasteiger partial charge in [-0.1, -0.05) is 30.3 Å². The summed E-state index contributed by atoms with van der Waals surface area (Å²) in [7, 11) is 0. The molecule has 1 N–H and O–H groups in total. The Labute approximate surface area is 128 Å². The number of aromatic nitrogens is 2. The Hall–Kier alpha value is -2.66. The quantitative estimate of drug-likeness (QED) is 0.783. The minimum Gasteiger partial charge on any atom is -0.395 e. The maximum atomic E-state index is 12.7. The van der Waals surface area contributed by atoms with Crippen molar-refractivity contribution in [1.29, 1.82) is 0 Å². The van der Waals surface area contributed by atoms with Crippen molar-refractivity contribution < 1.29 is 9.90 Å². The second kappa shape index (κ2) is 6.41. The lowest BCUT2D eigenvalue weighted by Gasteiger charge is -2.22. The van der Waals surface area contributed by atoms with Crippen molar-refractivity contribution in [3.8, 4) is 0 Å². The van der Waals surface area contributed by atoms with E-state index in [0.717, 1.165) is 11.1 Å². The van der Waals surface area contributed by atoms with Crippen LogP contribution in [-0.2, 0) is 6.54 Å². The molecule has 3 rings (SSSR count). The van der Waals surface area contributed by atoms with E-state index in [1.807, 2.05) is 47.0 Å². The van der Waals surface area contributed by atoms with Gasteiger partial charge in [0.05, 0.1) is 24.6 Å². The summed E-state index contributed by atoms with van der Waals surface area (Å²) in [6.07, 6.45) is 5.22. The number of hydrogen-bond donors (Lipinski definition) is 1. The van der Waals surface area contributed by atoms with E-state index in [0.29, 0.717) is 18.7 Å². The molecule has 0 saturated carbocycles. The highest BCUT2D eigenvalue weighted by molar-refractivity contribution is 5.95. The Morgan fingerprint density at radius 3 is 2.82 bits per heavy atom. The van der Waals surface area contributed by atoms with Gasteiger partial charge in [0.15, 0.2) is 0 Å². The largest absolute Gasteiger partial charge is 0.395 e.